The molecule has 7 rings (SSSR count). The van der Waals surface area contributed by atoms with Crippen LogP contribution in [0.25, 0.3) is 61.6 Å². The summed E-state index contributed by atoms with van der Waals surface area (Å²) in [6.45, 7) is 12.9. The van der Waals surface area contributed by atoms with Gasteiger partial charge in [-0.15, -0.1) is 29.3 Å². The van der Waals surface area contributed by atoms with Crippen molar-refractivity contribution in [3.05, 3.63) is 144 Å². The monoisotopic (exact) mass is 846 g/mol. The Labute approximate surface area is 314 Å². The third kappa shape index (κ3) is 6.65. The Kier molecular flexibility index (Phi) is 9.60. The SMILES string of the molecule is CC(C)(C)c1cc(-c2nccc(C#N)c2-c2ccccc2)[c-]c(-c2cccc3c2nc(-c2cccc(C(C)(C)C)c2O)n3-c2ccccc2)c1.[Pt]. The van der Waals surface area contributed by atoms with Crippen LogP contribution in [-0.2, 0) is 31.9 Å². The molecule has 51 heavy (non-hydrogen) atoms. The Morgan fingerprint density at radius 3 is 2.04 bits per heavy atom. The summed E-state index contributed by atoms with van der Waals surface area (Å²) in [5, 5.41) is 21.9. The molecular formula is C45H39N4OPt-. The zero-order chi connectivity index (χ0) is 35.2. The van der Waals surface area contributed by atoms with E-state index >= 15 is 0 Å². The second kappa shape index (κ2) is 13.8. The number of fused-ring (bicyclic) bond motifs is 1. The molecule has 0 aliphatic rings. The Morgan fingerprint density at radius 2 is 1.37 bits per heavy atom. The molecule has 0 radical (unpaired) electrons. The number of phenols is 1. The van der Waals surface area contributed by atoms with Gasteiger partial charge in [-0.1, -0.05) is 125 Å². The van der Waals surface area contributed by atoms with Gasteiger partial charge >= 0.3 is 0 Å². The molecule has 0 fully saturated rings. The molecule has 5 aromatic carbocycles. The Hall–Kier alpha value is -5.30. The first-order valence-electron chi connectivity index (χ1n) is 16.9. The largest absolute Gasteiger partial charge is 0.507 e. The maximum absolute atomic E-state index is 11.7. The first-order valence-corrected chi connectivity index (χ1v) is 16.9. The molecule has 7 aromatic rings. The average Bonchev–Trinajstić information content (AvgIpc) is 3.50. The fourth-order valence-corrected chi connectivity index (χ4v) is 6.60. The molecule has 0 saturated carbocycles. The number of aromatic hydroxyl groups is 1. The van der Waals surface area contributed by atoms with E-state index in [2.05, 4.69) is 101 Å². The van der Waals surface area contributed by atoms with Crippen LogP contribution < -0.4 is 0 Å². The van der Waals surface area contributed by atoms with Gasteiger partial charge < -0.3 is 5.11 Å². The van der Waals surface area contributed by atoms with E-state index in [-0.39, 0.29) is 37.6 Å². The minimum atomic E-state index is -0.261. The fraction of sp³-hybridized carbons (Fsp3) is 0.178. The molecule has 2 aromatic heterocycles. The normalized spacial score (nSPS) is 11.6. The minimum absolute atomic E-state index is 0. The van der Waals surface area contributed by atoms with Crippen molar-refractivity contribution in [2.75, 3.05) is 0 Å². The van der Waals surface area contributed by atoms with Crippen LogP contribution in [0.5, 0.6) is 5.75 Å². The van der Waals surface area contributed by atoms with Crippen molar-refractivity contribution in [3.63, 3.8) is 0 Å². The van der Waals surface area contributed by atoms with E-state index in [1.807, 2.05) is 66.7 Å². The molecule has 1 N–H and O–H groups in total. The van der Waals surface area contributed by atoms with Gasteiger partial charge in [0.05, 0.1) is 28.2 Å². The van der Waals surface area contributed by atoms with Crippen molar-refractivity contribution in [1.29, 1.82) is 5.26 Å². The van der Waals surface area contributed by atoms with Gasteiger partial charge in [-0.25, -0.2) is 4.98 Å². The predicted octanol–water partition coefficient (Wildman–Crippen LogP) is 11.1. The molecular weight excluding hydrogens is 808 g/mol. The summed E-state index contributed by atoms with van der Waals surface area (Å²) in [5.74, 6) is 0.888. The van der Waals surface area contributed by atoms with Crippen LogP contribution in [0.15, 0.2) is 121 Å². The number of pyridine rings is 1. The Bertz CT molecular complexity index is 2410. The van der Waals surface area contributed by atoms with Gasteiger partial charge in [-0.2, -0.15) is 5.26 Å². The van der Waals surface area contributed by atoms with Crippen molar-refractivity contribution in [2.45, 2.75) is 52.4 Å². The van der Waals surface area contributed by atoms with Crippen LogP contribution in [0.3, 0.4) is 0 Å². The Morgan fingerprint density at radius 1 is 0.725 bits per heavy atom. The van der Waals surface area contributed by atoms with Crippen molar-refractivity contribution in [3.8, 4) is 62.4 Å². The minimum Gasteiger partial charge on any atom is -0.507 e. The maximum Gasteiger partial charge on any atom is 0.148 e. The number of aromatic nitrogens is 3. The smallest absolute Gasteiger partial charge is 0.148 e. The van der Waals surface area contributed by atoms with E-state index in [0.717, 1.165) is 55.7 Å². The van der Waals surface area contributed by atoms with Crippen LogP contribution in [-0.4, -0.2) is 19.6 Å². The van der Waals surface area contributed by atoms with Crippen LogP contribution in [0.2, 0.25) is 0 Å². The summed E-state index contributed by atoms with van der Waals surface area (Å²) < 4.78 is 2.13. The first kappa shape index (κ1) is 35.5. The second-order valence-electron chi connectivity index (χ2n) is 14.7. The zero-order valence-corrected chi connectivity index (χ0v) is 31.9. The van der Waals surface area contributed by atoms with E-state index in [9.17, 15) is 10.4 Å². The number of para-hydroxylation sites is 3. The van der Waals surface area contributed by atoms with Crippen LogP contribution in [0.4, 0.5) is 0 Å². The zero-order valence-electron chi connectivity index (χ0n) is 29.6. The number of nitrogens with zero attached hydrogens (tertiary/aromatic N) is 4. The van der Waals surface area contributed by atoms with Crippen molar-refractivity contribution >= 4 is 11.0 Å². The summed E-state index contributed by atoms with van der Waals surface area (Å²) in [6, 6.07) is 44.4. The fourth-order valence-electron chi connectivity index (χ4n) is 6.60. The number of benzene rings is 5. The molecule has 0 unspecified atom stereocenters. The summed E-state index contributed by atoms with van der Waals surface area (Å²) in [6.07, 6.45) is 1.70. The van der Waals surface area contributed by atoms with E-state index < -0.39 is 0 Å². The molecule has 6 heteroatoms. The van der Waals surface area contributed by atoms with Gasteiger partial charge in [0.2, 0.25) is 0 Å². The molecule has 0 atom stereocenters. The number of nitriles is 1. The first-order chi connectivity index (χ1) is 24.0. The second-order valence-corrected chi connectivity index (χ2v) is 14.7. The number of rotatable bonds is 5. The van der Waals surface area contributed by atoms with Gasteiger partial charge in [-0.3, -0.25) is 9.55 Å². The third-order valence-corrected chi connectivity index (χ3v) is 9.20. The molecule has 5 nitrogen and oxygen atoms in total. The van der Waals surface area contributed by atoms with E-state index in [1.165, 1.54) is 0 Å². The predicted molar refractivity (Wildman–Crippen MR) is 203 cm³/mol. The van der Waals surface area contributed by atoms with Gasteiger partial charge in [0.25, 0.3) is 0 Å². The van der Waals surface area contributed by atoms with Gasteiger partial charge in [0.15, 0.2) is 0 Å². The van der Waals surface area contributed by atoms with Crippen LogP contribution in [0.1, 0.15) is 58.2 Å². The number of phenolic OH excluding ortho intramolecular Hbond substituents is 1. The van der Waals surface area contributed by atoms with E-state index in [1.54, 1.807) is 12.3 Å². The molecule has 0 aliphatic heterocycles. The molecule has 0 amide bonds. The van der Waals surface area contributed by atoms with Crippen molar-refractivity contribution in [2.24, 2.45) is 0 Å². The van der Waals surface area contributed by atoms with E-state index in [0.29, 0.717) is 22.6 Å². The summed E-state index contributed by atoms with van der Waals surface area (Å²) in [4.78, 5) is 10.2. The number of imidazole rings is 1. The van der Waals surface area contributed by atoms with Gasteiger partial charge in [-0.05, 0) is 57.9 Å². The number of hydrogen-bond donors (Lipinski definition) is 1. The maximum atomic E-state index is 11.7. The Balaban J connectivity index is 0.00000448. The molecule has 0 bridgehead atoms. The van der Waals surface area contributed by atoms with Crippen molar-refractivity contribution in [1.82, 2.24) is 14.5 Å². The average molecular weight is 847 g/mol. The van der Waals surface area contributed by atoms with Gasteiger partial charge in [0, 0.05) is 38.6 Å². The van der Waals surface area contributed by atoms with Crippen molar-refractivity contribution < 1.29 is 26.2 Å². The topological polar surface area (TPSA) is 74.7 Å². The van der Waals surface area contributed by atoms with Crippen LogP contribution in [0, 0.1) is 17.4 Å². The van der Waals surface area contributed by atoms with E-state index in [4.69, 9.17) is 9.97 Å². The molecule has 0 aliphatic carbocycles. The molecule has 2 heterocycles. The molecule has 0 saturated heterocycles. The van der Waals surface area contributed by atoms with Gasteiger partial charge in [0.1, 0.15) is 11.6 Å². The standard InChI is InChI=1S/C45H39N4O.Pt/c1-44(2,3)33-26-31(25-32(27-33)40-39(29-15-9-7-10-16-29)30(28-46)23-24-47-40)35-19-14-22-38-41(35)48-43(49(38)34-17-11-8-12-18-34)36-20-13-21-37(42(36)50)45(4,5)6;/h7-24,26-27,50H,1-6H3;/q-1;. The molecule has 0 spiro atoms. The number of hydrogen-bond acceptors (Lipinski definition) is 4. The molecule has 256 valence electrons. The quantitative estimate of drug-likeness (QED) is 0.175. The third-order valence-electron chi connectivity index (χ3n) is 9.20. The summed E-state index contributed by atoms with van der Waals surface area (Å²) >= 11 is 0. The van der Waals surface area contributed by atoms with Crippen LogP contribution >= 0.6 is 0 Å². The summed E-state index contributed by atoms with van der Waals surface area (Å²) in [5.41, 5.74) is 10.4. The summed E-state index contributed by atoms with van der Waals surface area (Å²) in [7, 11) is 0.